The molecular weight excluding hydrogens is 492 g/mol. The molecule has 0 bridgehead atoms. The van der Waals surface area contributed by atoms with Gasteiger partial charge in [0.25, 0.3) is 0 Å². The van der Waals surface area contributed by atoms with Crippen LogP contribution in [0, 0.1) is 5.92 Å². The highest BCUT2D eigenvalue weighted by molar-refractivity contribution is 7.90. The SMILES string of the molecule is CC(Cc1nc(-c2ccc(S(C)(=O)=O)cc2Cl)no1)C(F)=C1CCCC1.O=C(O)C(F)(F)F. The van der Waals surface area contributed by atoms with Crippen molar-refractivity contribution >= 4 is 27.4 Å². The van der Waals surface area contributed by atoms with Crippen molar-refractivity contribution in [2.24, 2.45) is 5.92 Å². The van der Waals surface area contributed by atoms with Crippen molar-refractivity contribution in [2.75, 3.05) is 6.26 Å². The summed E-state index contributed by atoms with van der Waals surface area (Å²) in [6.45, 7) is 1.80. The molecule has 1 unspecified atom stereocenters. The lowest BCUT2D eigenvalue weighted by molar-refractivity contribution is -0.192. The first kappa shape index (κ1) is 26.8. The van der Waals surface area contributed by atoms with Crippen LogP contribution in [0.25, 0.3) is 11.4 Å². The van der Waals surface area contributed by atoms with Gasteiger partial charge in [0.05, 0.1) is 9.92 Å². The van der Waals surface area contributed by atoms with Crippen LogP contribution in [0.3, 0.4) is 0 Å². The Morgan fingerprint density at radius 2 is 1.85 bits per heavy atom. The molecule has 1 heterocycles. The Labute approximate surface area is 192 Å². The first-order chi connectivity index (χ1) is 15.2. The van der Waals surface area contributed by atoms with E-state index in [1.165, 1.54) is 18.2 Å². The predicted molar refractivity (Wildman–Crippen MR) is 111 cm³/mol. The van der Waals surface area contributed by atoms with Gasteiger partial charge in [0.1, 0.15) is 5.83 Å². The second kappa shape index (κ2) is 10.6. The lowest BCUT2D eigenvalue weighted by atomic mass is 10.0. The normalized spacial score (nSPS) is 15.1. The standard InChI is InChI=1S/C18H20ClFN2O3S.C2HF3O2/c1-11(17(20)12-5-3-4-6-12)9-16-21-18(22-25-16)14-8-7-13(10-15(14)19)26(2,23)24;3-2(4,5)1(6)7/h7-8,10-11H,3-6,9H2,1-2H3;(H,6,7). The molecule has 1 atom stereocenters. The van der Waals surface area contributed by atoms with Crippen molar-refractivity contribution in [3.8, 4) is 11.4 Å². The van der Waals surface area contributed by atoms with Crippen LogP contribution >= 0.6 is 11.6 Å². The van der Waals surface area contributed by atoms with Crippen LogP contribution in [0.15, 0.2) is 39.0 Å². The van der Waals surface area contributed by atoms with E-state index >= 15 is 0 Å². The molecule has 1 fully saturated rings. The van der Waals surface area contributed by atoms with Crippen molar-refractivity contribution in [3.05, 3.63) is 40.5 Å². The number of nitrogens with zero attached hydrogens (tertiary/aromatic N) is 2. The Morgan fingerprint density at radius 1 is 1.27 bits per heavy atom. The fourth-order valence-electron chi connectivity index (χ4n) is 3.10. The average molecular weight is 513 g/mol. The van der Waals surface area contributed by atoms with Crippen LogP contribution < -0.4 is 0 Å². The number of rotatable bonds is 5. The van der Waals surface area contributed by atoms with Gasteiger partial charge in [-0.3, -0.25) is 0 Å². The highest BCUT2D eigenvalue weighted by atomic mass is 35.5. The molecule has 1 saturated carbocycles. The number of carboxylic acid groups (broad SMARTS) is 1. The summed E-state index contributed by atoms with van der Waals surface area (Å²) < 4.78 is 74.6. The van der Waals surface area contributed by atoms with E-state index in [0.29, 0.717) is 17.9 Å². The van der Waals surface area contributed by atoms with Gasteiger partial charge in [-0.2, -0.15) is 18.2 Å². The van der Waals surface area contributed by atoms with E-state index in [2.05, 4.69) is 10.1 Å². The van der Waals surface area contributed by atoms with E-state index in [9.17, 15) is 26.0 Å². The summed E-state index contributed by atoms with van der Waals surface area (Å²) >= 11 is 6.17. The molecule has 1 aliphatic carbocycles. The topological polar surface area (TPSA) is 110 Å². The molecule has 1 aliphatic rings. The minimum absolute atomic E-state index is 0.0715. The van der Waals surface area contributed by atoms with Crippen molar-refractivity contribution in [3.63, 3.8) is 0 Å². The zero-order chi connectivity index (χ0) is 25.0. The molecule has 0 aliphatic heterocycles. The van der Waals surface area contributed by atoms with Crippen molar-refractivity contribution in [1.29, 1.82) is 0 Å². The maximum absolute atomic E-state index is 14.4. The summed E-state index contributed by atoms with van der Waals surface area (Å²) in [6, 6.07) is 4.34. The van der Waals surface area contributed by atoms with Crippen LogP contribution in [0.5, 0.6) is 0 Å². The number of aliphatic carboxylic acids is 1. The summed E-state index contributed by atoms with van der Waals surface area (Å²) in [5, 5.41) is 11.2. The number of carboxylic acids is 1. The number of halogens is 5. The minimum Gasteiger partial charge on any atom is -0.475 e. The summed E-state index contributed by atoms with van der Waals surface area (Å²) in [5.41, 5.74) is 1.37. The molecule has 0 spiro atoms. The Morgan fingerprint density at radius 3 is 2.33 bits per heavy atom. The average Bonchev–Trinajstić information content (AvgIpc) is 3.38. The zero-order valence-corrected chi connectivity index (χ0v) is 19.2. The maximum Gasteiger partial charge on any atom is 0.490 e. The van der Waals surface area contributed by atoms with Gasteiger partial charge in [-0.1, -0.05) is 23.7 Å². The Hall–Kier alpha value is -2.47. The van der Waals surface area contributed by atoms with Gasteiger partial charge in [-0.25, -0.2) is 17.6 Å². The summed E-state index contributed by atoms with van der Waals surface area (Å²) in [5.74, 6) is -2.57. The van der Waals surface area contributed by atoms with E-state index in [0.717, 1.165) is 37.5 Å². The monoisotopic (exact) mass is 512 g/mol. The maximum atomic E-state index is 14.4. The van der Waals surface area contributed by atoms with Gasteiger partial charge in [-0.05, 0) is 49.5 Å². The number of carbonyl (C=O) groups is 1. The molecule has 0 saturated heterocycles. The molecule has 3 rings (SSSR count). The molecule has 7 nitrogen and oxygen atoms in total. The fraction of sp³-hybridized carbons (Fsp3) is 0.450. The number of aromatic nitrogens is 2. The quantitative estimate of drug-likeness (QED) is 0.534. The molecule has 0 radical (unpaired) electrons. The molecule has 13 heteroatoms. The minimum atomic E-state index is -5.08. The lowest BCUT2D eigenvalue weighted by Crippen LogP contribution is -2.21. The zero-order valence-electron chi connectivity index (χ0n) is 17.6. The highest BCUT2D eigenvalue weighted by Crippen LogP contribution is 2.33. The lowest BCUT2D eigenvalue weighted by Gasteiger charge is -2.09. The number of benzene rings is 1. The number of allylic oxidation sites excluding steroid dienone is 2. The van der Waals surface area contributed by atoms with Crippen LogP contribution in [0.4, 0.5) is 17.6 Å². The number of hydrogen-bond acceptors (Lipinski definition) is 6. The van der Waals surface area contributed by atoms with E-state index in [-0.39, 0.29) is 27.5 Å². The smallest absolute Gasteiger partial charge is 0.475 e. The Bertz CT molecular complexity index is 1140. The first-order valence-electron chi connectivity index (χ1n) is 9.70. The van der Waals surface area contributed by atoms with Gasteiger partial charge < -0.3 is 9.63 Å². The van der Waals surface area contributed by atoms with E-state index in [1.54, 1.807) is 6.92 Å². The third-order valence-corrected chi connectivity index (χ3v) is 6.20. The van der Waals surface area contributed by atoms with Gasteiger partial charge in [-0.15, -0.1) is 0 Å². The van der Waals surface area contributed by atoms with Crippen molar-refractivity contribution in [1.82, 2.24) is 10.1 Å². The van der Waals surface area contributed by atoms with E-state index in [1.807, 2.05) is 0 Å². The molecule has 2 aromatic rings. The first-order valence-corrected chi connectivity index (χ1v) is 12.0. The molecule has 1 N–H and O–H groups in total. The molecule has 1 aromatic carbocycles. The molecule has 1 aromatic heterocycles. The number of alkyl halides is 3. The Kier molecular flexibility index (Phi) is 8.63. The number of sulfone groups is 1. The van der Waals surface area contributed by atoms with Crippen LogP contribution in [-0.4, -0.2) is 42.1 Å². The third-order valence-electron chi connectivity index (χ3n) is 4.78. The molecule has 33 heavy (non-hydrogen) atoms. The van der Waals surface area contributed by atoms with Crippen molar-refractivity contribution < 1.29 is 40.4 Å². The second-order valence-corrected chi connectivity index (χ2v) is 9.92. The van der Waals surface area contributed by atoms with Gasteiger partial charge in [0.2, 0.25) is 11.7 Å². The van der Waals surface area contributed by atoms with Crippen LogP contribution in [0.1, 0.15) is 38.5 Å². The summed E-state index contributed by atoms with van der Waals surface area (Å²) in [6.07, 6.45) is 0.0758. The van der Waals surface area contributed by atoms with Gasteiger partial charge >= 0.3 is 12.1 Å². The van der Waals surface area contributed by atoms with Crippen molar-refractivity contribution in [2.45, 2.75) is 50.1 Å². The fourth-order valence-corrected chi connectivity index (χ4v) is 4.07. The molecular formula is C20H21ClF4N2O5S. The number of hydrogen-bond donors (Lipinski definition) is 1. The second-order valence-electron chi connectivity index (χ2n) is 7.49. The highest BCUT2D eigenvalue weighted by Gasteiger charge is 2.38. The predicted octanol–water partition coefficient (Wildman–Crippen LogP) is 5.40. The van der Waals surface area contributed by atoms with E-state index < -0.39 is 22.0 Å². The molecule has 182 valence electrons. The summed E-state index contributed by atoms with van der Waals surface area (Å²) in [7, 11) is -3.35. The largest absolute Gasteiger partial charge is 0.490 e. The third kappa shape index (κ3) is 7.53. The van der Waals surface area contributed by atoms with Gasteiger partial charge in [0.15, 0.2) is 9.84 Å². The molecule has 0 amide bonds. The van der Waals surface area contributed by atoms with Crippen LogP contribution in [0.2, 0.25) is 5.02 Å². The van der Waals surface area contributed by atoms with Crippen LogP contribution in [-0.2, 0) is 21.1 Å². The summed E-state index contributed by atoms with van der Waals surface area (Å²) in [4.78, 5) is 13.3. The van der Waals surface area contributed by atoms with Gasteiger partial charge in [0, 0.05) is 24.2 Å². The Balaban J connectivity index is 0.000000479. The van der Waals surface area contributed by atoms with E-state index in [4.69, 9.17) is 26.0 Å².